The number of fused-ring (bicyclic) bond motifs is 1. The summed E-state index contributed by atoms with van der Waals surface area (Å²) < 4.78 is 0. The maximum atomic E-state index is 4.75. The molecule has 3 heterocycles. The van der Waals surface area contributed by atoms with Crippen LogP contribution in [0.3, 0.4) is 0 Å². The molecule has 4 heteroatoms. The van der Waals surface area contributed by atoms with E-state index in [9.17, 15) is 0 Å². The monoisotopic (exact) mass is 346 g/mol. The van der Waals surface area contributed by atoms with E-state index in [1.807, 2.05) is 12.3 Å². The Morgan fingerprint density at radius 1 is 1.00 bits per heavy atom. The molecule has 2 aromatic heterocycles. The van der Waals surface area contributed by atoms with E-state index in [0.717, 1.165) is 48.9 Å². The number of pyridine rings is 2. The van der Waals surface area contributed by atoms with Crippen LogP contribution in [0.1, 0.15) is 18.4 Å². The van der Waals surface area contributed by atoms with Gasteiger partial charge in [-0.25, -0.2) is 9.97 Å². The SMILES string of the molecule is CN(Cc1ccccc1)CC1CCN(c2ccc3cccnc3n2)CC1. The van der Waals surface area contributed by atoms with Crippen molar-refractivity contribution in [1.82, 2.24) is 14.9 Å². The molecule has 0 spiro atoms. The van der Waals surface area contributed by atoms with Crippen molar-refractivity contribution in [2.24, 2.45) is 5.92 Å². The Morgan fingerprint density at radius 3 is 2.62 bits per heavy atom. The van der Waals surface area contributed by atoms with Crippen LogP contribution in [0.5, 0.6) is 0 Å². The summed E-state index contributed by atoms with van der Waals surface area (Å²) in [5.41, 5.74) is 2.23. The lowest BCUT2D eigenvalue weighted by molar-refractivity contribution is 0.242. The molecule has 26 heavy (non-hydrogen) atoms. The molecule has 0 unspecified atom stereocenters. The van der Waals surface area contributed by atoms with Crippen molar-refractivity contribution in [1.29, 1.82) is 0 Å². The van der Waals surface area contributed by atoms with Gasteiger partial charge < -0.3 is 9.80 Å². The molecule has 134 valence electrons. The molecule has 0 N–H and O–H groups in total. The van der Waals surface area contributed by atoms with Crippen molar-refractivity contribution in [3.8, 4) is 0 Å². The lowest BCUT2D eigenvalue weighted by Crippen LogP contribution is -2.38. The maximum absolute atomic E-state index is 4.75. The van der Waals surface area contributed by atoms with Gasteiger partial charge in [-0.2, -0.15) is 0 Å². The lowest BCUT2D eigenvalue weighted by Gasteiger charge is -2.34. The fourth-order valence-corrected chi connectivity index (χ4v) is 3.86. The predicted molar refractivity (Wildman–Crippen MR) is 107 cm³/mol. The molecule has 4 nitrogen and oxygen atoms in total. The topological polar surface area (TPSA) is 32.3 Å². The van der Waals surface area contributed by atoms with Crippen molar-refractivity contribution < 1.29 is 0 Å². The zero-order valence-electron chi connectivity index (χ0n) is 15.4. The first-order valence-electron chi connectivity index (χ1n) is 9.47. The number of anilines is 1. The second-order valence-corrected chi connectivity index (χ2v) is 7.33. The number of rotatable bonds is 5. The summed E-state index contributed by atoms with van der Waals surface area (Å²) >= 11 is 0. The van der Waals surface area contributed by atoms with E-state index in [1.165, 1.54) is 18.4 Å². The third-order valence-electron chi connectivity index (χ3n) is 5.25. The molecule has 0 atom stereocenters. The van der Waals surface area contributed by atoms with E-state index < -0.39 is 0 Å². The quantitative estimate of drug-likeness (QED) is 0.699. The van der Waals surface area contributed by atoms with Crippen molar-refractivity contribution in [2.75, 3.05) is 31.6 Å². The standard InChI is InChI=1S/C22H26N4/c1-25(16-18-6-3-2-4-7-18)17-19-11-14-26(15-12-19)21-10-9-20-8-5-13-23-22(20)24-21/h2-10,13,19H,11-12,14-17H2,1H3. The number of hydrogen-bond acceptors (Lipinski definition) is 4. The average Bonchev–Trinajstić information content (AvgIpc) is 2.69. The summed E-state index contributed by atoms with van der Waals surface area (Å²) in [6.45, 7) is 4.35. The predicted octanol–water partition coefficient (Wildman–Crippen LogP) is 3.98. The molecule has 0 radical (unpaired) electrons. The molecule has 0 aliphatic carbocycles. The lowest BCUT2D eigenvalue weighted by atomic mass is 9.96. The van der Waals surface area contributed by atoms with Gasteiger partial charge in [0.25, 0.3) is 0 Å². The second-order valence-electron chi connectivity index (χ2n) is 7.33. The van der Waals surface area contributed by atoms with Crippen LogP contribution in [-0.4, -0.2) is 41.5 Å². The molecule has 1 aliphatic heterocycles. The number of hydrogen-bond donors (Lipinski definition) is 0. The third-order valence-corrected chi connectivity index (χ3v) is 5.25. The Morgan fingerprint density at radius 2 is 1.81 bits per heavy atom. The van der Waals surface area contributed by atoms with Gasteiger partial charge in [-0.1, -0.05) is 30.3 Å². The van der Waals surface area contributed by atoms with Gasteiger partial charge in [-0.05, 0) is 55.6 Å². The Balaban J connectivity index is 1.32. The van der Waals surface area contributed by atoms with Crippen LogP contribution in [0.25, 0.3) is 11.0 Å². The van der Waals surface area contributed by atoms with Crippen molar-refractivity contribution >= 4 is 16.9 Å². The molecule has 0 bridgehead atoms. The van der Waals surface area contributed by atoms with E-state index >= 15 is 0 Å². The van der Waals surface area contributed by atoms with Crippen LogP contribution in [0.2, 0.25) is 0 Å². The van der Waals surface area contributed by atoms with E-state index in [1.54, 1.807) is 0 Å². The Hall–Kier alpha value is -2.46. The molecular weight excluding hydrogens is 320 g/mol. The van der Waals surface area contributed by atoms with Gasteiger partial charge in [0.05, 0.1) is 0 Å². The Kier molecular flexibility index (Phi) is 5.12. The van der Waals surface area contributed by atoms with Gasteiger partial charge in [0.15, 0.2) is 5.65 Å². The minimum Gasteiger partial charge on any atom is -0.357 e. The maximum Gasteiger partial charge on any atom is 0.161 e. The number of nitrogens with zero attached hydrogens (tertiary/aromatic N) is 4. The fraction of sp³-hybridized carbons (Fsp3) is 0.364. The van der Waals surface area contributed by atoms with E-state index in [0.29, 0.717) is 0 Å². The Bertz CT molecular complexity index is 841. The van der Waals surface area contributed by atoms with Crippen molar-refractivity contribution in [2.45, 2.75) is 19.4 Å². The van der Waals surface area contributed by atoms with E-state index in [4.69, 9.17) is 4.98 Å². The van der Waals surface area contributed by atoms with Gasteiger partial charge in [-0.15, -0.1) is 0 Å². The highest BCUT2D eigenvalue weighted by atomic mass is 15.2. The molecule has 4 rings (SSSR count). The fourth-order valence-electron chi connectivity index (χ4n) is 3.86. The first-order chi connectivity index (χ1) is 12.8. The first-order valence-corrected chi connectivity index (χ1v) is 9.47. The second kappa shape index (κ2) is 7.83. The minimum atomic E-state index is 0.763. The molecule has 3 aromatic rings. The minimum absolute atomic E-state index is 0.763. The number of piperidine rings is 1. The van der Waals surface area contributed by atoms with E-state index in [-0.39, 0.29) is 0 Å². The normalized spacial score (nSPS) is 15.7. The molecule has 1 fully saturated rings. The van der Waals surface area contributed by atoms with E-state index in [2.05, 4.69) is 70.4 Å². The zero-order chi connectivity index (χ0) is 17.8. The van der Waals surface area contributed by atoms with Crippen LogP contribution >= 0.6 is 0 Å². The average molecular weight is 346 g/mol. The van der Waals surface area contributed by atoms with Gasteiger partial charge >= 0.3 is 0 Å². The molecule has 1 aliphatic rings. The highest BCUT2D eigenvalue weighted by Gasteiger charge is 2.21. The molecular formula is C22H26N4. The highest BCUT2D eigenvalue weighted by Crippen LogP contribution is 2.24. The number of benzene rings is 1. The van der Waals surface area contributed by atoms with Crippen LogP contribution < -0.4 is 4.90 Å². The molecule has 1 aromatic carbocycles. The van der Waals surface area contributed by atoms with Gasteiger partial charge in [-0.3, -0.25) is 0 Å². The summed E-state index contributed by atoms with van der Waals surface area (Å²) in [6, 6.07) is 19.0. The summed E-state index contributed by atoms with van der Waals surface area (Å²) in [6.07, 6.45) is 4.26. The van der Waals surface area contributed by atoms with Gasteiger partial charge in [0.1, 0.15) is 5.82 Å². The smallest absolute Gasteiger partial charge is 0.161 e. The number of aromatic nitrogens is 2. The zero-order valence-corrected chi connectivity index (χ0v) is 15.4. The van der Waals surface area contributed by atoms with Crippen molar-refractivity contribution in [3.63, 3.8) is 0 Å². The van der Waals surface area contributed by atoms with Crippen LogP contribution in [-0.2, 0) is 6.54 Å². The van der Waals surface area contributed by atoms with Crippen LogP contribution in [0.4, 0.5) is 5.82 Å². The molecule has 0 saturated carbocycles. The van der Waals surface area contributed by atoms with Gasteiger partial charge in [0, 0.05) is 37.8 Å². The third kappa shape index (κ3) is 4.02. The summed E-state index contributed by atoms with van der Waals surface area (Å²) in [5.74, 6) is 1.82. The summed E-state index contributed by atoms with van der Waals surface area (Å²) in [4.78, 5) is 14.0. The molecule has 1 saturated heterocycles. The van der Waals surface area contributed by atoms with Crippen molar-refractivity contribution in [3.05, 3.63) is 66.4 Å². The largest absolute Gasteiger partial charge is 0.357 e. The Labute approximate surface area is 155 Å². The van der Waals surface area contributed by atoms with Crippen LogP contribution in [0, 0.1) is 5.92 Å². The summed E-state index contributed by atoms with van der Waals surface area (Å²) in [5, 5.41) is 1.11. The van der Waals surface area contributed by atoms with Crippen LogP contribution in [0.15, 0.2) is 60.8 Å². The highest BCUT2D eigenvalue weighted by molar-refractivity contribution is 5.76. The van der Waals surface area contributed by atoms with Gasteiger partial charge in [0.2, 0.25) is 0 Å². The first kappa shape index (κ1) is 17.0. The summed E-state index contributed by atoms with van der Waals surface area (Å²) in [7, 11) is 2.23. The molecule has 0 amide bonds.